The molecular formula is C24H31Cl2N3O. The van der Waals surface area contributed by atoms with Crippen molar-refractivity contribution in [3.8, 4) is 0 Å². The molecule has 1 atom stereocenters. The zero-order valence-corrected chi connectivity index (χ0v) is 18.8. The monoisotopic (exact) mass is 447 g/mol. The number of benzene rings is 2. The van der Waals surface area contributed by atoms with Gasteiger partial charge in [0.05, 0.1) is 0 Å². The topological polar surface area (TPSA) is 35.6 Å². The molecular weight excluding hydrogens is 417 g/mol. The first kappa shape index (κ1) is 24.4. The highest BCUT2D eigenvalue weighted by molar-refractivity contribution is 5.96. The number of hydrogen-bond acceptors (Lipinski definition) is 3. The van der Waals surface area contributed by atoms with Gasteiger partial charge < -0.3 is 10.2 Å². The minimum atomic E-state index is 0. The van der Waals surface area contributed by atoms with E-state index in [-0.39, 0.29) is 30.7 Å². The van der Waals surface area contributed by atoms with Gasteiger partial charge in [0.15, 0.2) is 0 Å². The standard InChI is InChI=1S/C24H29N3O.2ClH/c28-24(23-11-5-4-10-22(23)21-12-13-25-19-21)27-17-15-26(16-18-27)14-6-9-20-7-2-1-3-8-20;;/h1-11,21,25H,12-19H2;2*1H/b9-6+;;. The molecule has 0 spiro atoms. The predicted molar refractivity (Wildman–Crippen MR) is 129 cm³/mol. The van der Waals surface area contributed by atoms with Crippen LogP contribution >= 0.6 is 24.8 Å². The zero-order chi connectivity index (χ0) is 19.2. The number of piperazine rings is 1. The van der Waals surface area contributed by atoms with Crippen molar-refractivity contribution in [1.29, 1.82) is 0 Å². The molecule has 4 rings (SSSR count). The van der Waals surface area contributed by atoms with Crippen LogP contribution in [0.5, 0.6) is 0 Å². The first-order valence-corrected chi connectivity index (χ1v) is 10.3. The second kappa shape index (κ2) is 12.1. The summed E-state index contributed by atoms with van der Waals surface area (Å²) in [5.74, 6) is 0.659. The second-order valence-electron chi connectivity index (χ2n) is 7.68. The molecule has 1 unspecified atom stereocenters. The van der Waals surface area contributed by atoms with Crippen LogP contribution in [0.4, 0.5) is 0 Å². The van der Waals surface area contributed by atoms with Gasteiger partial charge >= 0.3 is 0 Å². The average Bonchev–Trinajstić information content (AvgIpc) is 3.29. The van der Waals surface area contributed by atoms with Gasteiger partial charge in [0.2, 0.25) is 0 Å². The van der Waals surface area contributed by atoms with Crippen molar-refractivity contribution in [3.63, 3.8) is 0 Å². The quantitative estimate of drug-likeness (QED) is 0.749. The zero-order valence-electron chi connectivity index (χ0n) is 17.2. The van der Waals surface area contributed by atoms with Crippen LogP contribution < -0.4 is 5.32 Å². The van der Waals surface area contributed by atoms with Crippen LogP contribution in [0.1, 0.15) is 33.8 Å². The fourth-order valence-electron chi connectivity index (χ4n) is 4.17. The van der Waals surface area contributed by atoms with Crippen molar-refractivity contribution in [2.24, 2.45) is 0 Å². The van der Waals surface area contributed by atoms with E-state index < -0.39 is 0 Å². The first-order valence-electron chi connectivity index (χ1n) is 10.3. The molecule has 0 aliphatic carbocycles. The van der Waals surface area contributed by atoms with E-state index in [4.69, 9.17) is 0 Å². The molecule has 2 aliphatic rings. The number of rotatable bonds is 5. The van der Waals surface area contributed by atoms with Gasteiger partial charge in [-0.2, -0.15) is 0 Å². The highest BCUT2D eigenvalue weighted by atomic mass is 35.5. The van der Waals surface area contributed by atoms with Gasteiger partial charge in [0.1, 0.15) is 0 Å². The summed E-state index contributed by atoms with van der Waals surface area (Å²) in [5.41, 5.74) is 3.34. The molecule has 2 fully saturated rings. The Morgan fingerprint density at radius 2 is 1.67 bits per heavy atom. The number of amides is 1. The molecule has 162 valence electrons. The largest absolute Gasteiger partial charge is 0.336 e. The third-order valence-electron chi connectivity index (χ3n) is 5.82. The third kappa shape index (κ3) is 6.08. The fourth-order valence-corrected chi connectivity index (χ4v) is 4.17. The molecule has 6 heteroatoms. The minimum absolute atomic E-state index is 0. The summed E-state index contributed by atoms with van der Waals surface area (Å²) < 4.78 is 0. The molecule has 0 saturated carbocycles. The Balaban J connectivity index is 0.00000160. The summed E-state index contributed by atoms with van der Waals surface area (Å²) in [7, 11) is 0. The van der Waals surface area contributed by atoms with Crippen LogP contribution in [0, 0.1) is 0 Å². The van der Waals surface area contributed by atoms with E-state index in [1.54, 1.807) is 0 Å². The molecule has 2 saturated heterocycles. The Hall–Kier alpha value is -1.85. The van der Waals surface area contributed by atoms with Crippen LogP contribution in [0.2, 0.25) is 0 Å². The van der Waals surface area contributed by atoms with Gasteiger partial charge in [0.25, 0.3) is 5.91 Å². The van der Waals surface area contributed by atoms with Crippen molar-refractivity contribution in [1.82, 2.24) is 15.1 Å². The lowest BCUT2D eigenvalue weighted by molar-refractivity contribution is 0.0649. The molecule has 1 N–H and O–H groups in total. The van der Waals surface area contributed by atoms with Crippen molar-refractivity contribution >= 4 is 36.8 Å². The summed E-state index contributed by atoms with van der Waals surface area (Å²) in [6.45, 7) is 6.41. The molecule has 2 aliphatic heterocycles. The van der Waals surface area contributed by atoms with E-state index in [1.165, 1.54) is 11.1 Å². The molecule has 0 aromatic heterocycles. The number of nitrogens with one attached hydrogen (secondary N) is 1. The van der Waals surface area contributed by atoms with Crippen molar-refractivity contribution in [3.05, 3.63) is 77.4 Å². The highest BCUT2D eigenvalue weighted by Crippen LogP contribution is 2.26. The van der Waals surface area contributed by atoms with Crippen LogP contribution in [0.3, 0.4) is 0 Å². The molecule has 1 amide bonds. The van der Waals surface area contributed by atoms with Gasteiger partial charge in [0, 0.05) is 44.8 Å². The predicted octanol–water partition coefficient (Wildman–Crippen LogP) is 4.08. The number of halogens is 2. The van der Waals surface area contributed by atoms with E-state index in [0.717, 1.165) is 57.8 Å². The van der Waals surface area contributed by atoms with Crippen LogP contribution in [-0.4, -0.2) is 61.5 Å². The van der Waals surface area contributed by atoms with Gasteiger partial charge in [-0.05, 0) is 36.1 Å². The van der Waals surface area contributed by atoms with E-state index in [2.05, 4.69) is 58.8 Å². The Bertz CT molecular complexity index is 814. The number of nitrogens with zero attached hydrogens (tertiary/aromatic N) is 2. The number of hydrogen-bond donors (Lipinski definition) is 1. The summed E-state index contributed by atoms with van der Waals surface area (Å²) >= 11 is 0. The van der Waals surface area contributed by atoms with E-state index in [9.17, 15) is 4.79 Å². The van der Waals surface area contributed by atoms with Crippen LogP contribution in [-0.2, 0) is 0 Å². The number of carbonyl (C=O) groups excluding carboxylic acids is 1. The Morgan fingerprint density at radius 3 is 2.37 bits per heavy atom. The van der Waals surface area contributed by atoms with E-state index in [1.807, 2.05) is 23.1 Å². The molecule has 4 nitrogen and oxygen atoms in total. The van der Waals surface area contributed by atoms with Crippen molar-refractivity contribution in [2.45, 2.75) is 12.3 Å². The van der Waals surface area contributed by atoms with Gasteiger partial charge in [-0.25, -0.2) is 0 Å². The Labute approximate surface area is 192 Å². The summed E-state index contributed by atoms with van der Waals surface area (Å²) in [6, 6.07) is 18.6. The lowest BCUT2D eigenvalue weighted by Crippen LogP contribution is -2.48. The van der Waals surface area contributed by atoms with Gasteiger partial charge in [-0.15, -0.1) is 24.8 Å². The first-order chi connectivity index (χ1) is 13.8. The number of carbonyl (C=O) groups is 1. The van der Waals surface area contributed by atoms with Gasteiger partial charge in [-0.1, -0.05) is 60.7 Å². The van der Waals surface area contributed by atoms with E-state index in [0.29, 0.717) is 5.92 Å². The van der Waals surface area contributed by atoms with E-state index >= 15 is 0 Å². The summed E-state index contributed by atoms with van der Waals surface area (Å²) in [4.78, 5) is 17.6. The van der Waals surface area contributed by atoms with Crippen molar-refractivity contribution in [2.75, 3.05) is 45.8 Å². The summed E-state index contributed by atoms with van der Waals surface area (Å²) in [5, 5.41) is 3.42. The molecule has 2 heterocycles. The van der Waals surface area contributed by atoms with Crippen LogP contribution in [0.25, 0.3) is 6.08 Å². The van der Waals surface area contributed by atoms with Gasteiger partial charge in [-0.3, -0.25) is 9.69 Å². The molecule has 0 radical (unpaired) electrons. The summed E-state index contributed by atoms with van der Waals surface area (Å²) in [6.07, 6.45) is 5.50. The molecule has 2 aromatic carbocycles. The Kier molecular flexibility index (Phi) is 9.86. The normalized spacial score (nSPS) is 19.3. The molecule has 2 aromatic rings. The molecule has 30 heavy (non-hydrogen) atoms. The lowest BCUT2D eigenvalue weighted by atomic mass is 9.93. The van der Waals surface area contributed by atoms with Crippen molar-refractivity contribution < 1.29 is 4.79 Å². The van der Waals surface area contributed by atoms with Crippen LogP contribution in [0.15, 0.2) is 60.7 Å². The lowest BCUT2D eigenvalue weighted by Gasteiger charge is -2.34. The maximum absolute atomic E-state index is 13.2. The SMILES string of the molecule is Cl.Cl.O=C(c1ccccc1C1CCNC1)N1CCN(C/C=C/c2ccccc2)CC1. The highest BCUT2D eigenvalue weighted by Gasteiger charge is 2.26. The third-order valence-corrected chi connectivity index (χ3v) is 5.82. The maximum Gasteiger partial charge on any atom is 0.254 e. The molecule has 0 bridgehead atoms. The Morgan fingerprint density at radius 1 is 0.967 bits per heavy atom. The average molecular weight is 448 g/mol. The smallest absolute Gasteiger partial charge is 0.254 e. The fraction of sp³-hybridized carbons (Fsp3) is 0.375. The minimum Gasteiger partial charge on any atom is -0.336 e. The maximum atomic E-state index is 13.2. The second-order valence-corrected chi connectivity index (χ2v) is 7.68.